The number of thioether (sulfide) groups is 1. The number of halogens is 1. The van der Waals surface area contributed by atoms with Crippen molar-refractivity contribution in [3.63, 3.8) is 0 Å². The standard InChI is InChI=1S/C16H18ClNO2S/c17-14-4-2-1-3-13(14)15-6-5-12(20-15)9-18-10-16(19)7-8-21-11-16/h1-6,18-19H,7-11H2. The maximum atomic E-state index is 10.3. The number of hydrogen-bond donors (Lipinski definition) is 2. The van der Waals surface area contributed by atoms with Crippen LogP contribution in [0.15, 0.2) is 40.8 Å². The fourth-order valence-electron chi connectivity index (χ4n) is 2.43. The zero-order valence-corrected chi connectivity index (χ0v) is 13.2. The normalized spacial score (nSPS) is 21.8. The van der Waals surface area contributed by atoms with Gasteiger partial charge in [-0.05, 0) is 36.4 Å². The van der Waals surface area contributed by atoms with E-state index in [9.17, 15) is 5.11 Å². The van der Waals surface area contributed by atoms with Gasteiger partial charge in [0, 0.05) is 17.9 Å². The number of aliphatic hydroxyl groups is 1. The molecule has 2 N–H and O–H groups in total. The first kappa shape index (κ1) is 15.0. The lowest BCUT2D eigenvalue weighted by Gasteiger charge is -2.21. The molecule has 1 fully saturated rings. The molecule has 1 aromatic heterocycles. The lowest BCUT2D eigenvalue weighted by Crippen LogP contribution is -2.40. The zero-order valence-electron chi connectivity index (χ0n) is 11.6. The molecule has 0 bridgehead atoms. The number of nitrogens with one attached hydrogen (secondary N) is 1. The Labute approximate surface area is 133 Å². The Morgan fingerprint density at radius 3 is 2.90 bits per heavy atom. The van der Waals surface area contributed by atoms with E-state index in [0.717, 1.165) is 35.0 Å². The average molecular weight is 324 g/mol. The summed E-state index contributed by atoms with van der Waals surface area (Å²) >= 11 is 7.97. The van der Waals surface area contributed by atoms with Crippen LogP contribution in [-0.4, -0.2) is 28.8 Å². The van der Waals surface area contributed by atoms with Gasteiger partial charge in [0.05, 0.1) is 17.2 Å². The van der Waals surface area contributed by atoms with Crippen LogP contribution in [0.1, 0.15) is 12.2 Å². The predicted molar refractivity (Wildman–Crippen MR) is 87.8 cm³/mol. The van der Waals surface area contributed by atoms with Gasteiger partial charge in [-0.2, -0.15) is 11.8 Å². The Kier molecular flexibility index (Phi) is 4.60. The number of benzene rings is 1. The van der Waals surface area contributed by atoms with E-state index in [1.165, 1.54) is 0 Å². The minimum Gasteiger partial charge on any atom is -0.460 e. The van der Waals surface area contributed by atoms with Crippen molar-refractivity contribution >= 4 is 23.4 Å². The van der Waals surface area contributed by atoms with Gasteiger partial charge in [-0.1, -0.05) is 23.7 Å². The van der Waals surface area contributed by atoms with Gasteiger partial charge in [-0.3, -0.25) is 0 Å². The molecule has 3 rings (SSSR count). The summed E-state index contributed by atoms with van der Waals surface area (Å²) in [5, 5.41) is 14.2. The SMILES string of the molecule is OC1(CNCc2ccc(-c3ccccc3Cl)o2)CCSC1. The Hall–Kier alpha value is -0.940. The van der Waals surface area contributed by atoms with Crippen molar-refractivity contribution in [2.45, 2.75) is 18.6 Å². The topological polar surface area (TPSA) is 45.4 Å². The van der Waals surface area contributed by atoms with E-state index in [1.807, 2.05) is 36.4 Å². The van der Waals surface area contributed by atoms with Crippen molar-refractivity contribution in [1.82, 2.24) is 5.32 Å². The molecule has 0 saturated carbocycles. The molecule has 2 aromatic rings. The molecule has 1 saturated heterocycles. The summed E-state index contributed by atoms with van der Waals surface area (Å²) < 4.78 is 5.81. The molecule has 3 nitrogen and oxygen atoms in total. The summed E-state index contributed by atoms with van der Waals surface area (Å²) in [4.78, 5) is 0. The monoisotopic (exact) mass is 323 g/mol. The second kappa shape index (κ2) is 6.44. The highest BCUT2D eigenvalue weighted by molar-refractivity contribution is 7.99. The van der Waals surface area contributed by atoms with E-state index < -0.39 is 5.60 Å². The predicted octanol–water partition coefficient (Wildman–Crippen LogP) is 3.56. The van der Waals surface area contributed by atoms with Crippen LogP contribution >= 0.6 is 23.4 Å². The molecular weight excluding hydrogens is 306 g/mol. The first-order valence-corrected chi connectivity index (χ1v) is 8.54. The van der Waals surface area contributed by atoms with Gasteiger partial charge >= 0.3 is 0 Å². The van der Waals surface area contributed by atoms with Crippen molar-refractivity contribution in [2.75, 3.05) is 18.1 Å². The number of rotatable bonds is 5. The Balaban J connectivity index is 1.59. The summed E-state index contributed by atoms with van der Waals surface area (Å²) in [6.45, 7) is 1.21. The van der Waals surface area contributed by atoms with Crippen molar-refractivity contribution < 1.29 is 9.52 Å². The maximum Gasteiger partial charge on any atom is 0.135 e. The number of hydrogen-bond acceptors (Lipinski definition) is 4. The molecule has 1 aliphatic rings. The molecule has 1 aromatic carbocycles. The maximum absolute atomic E-state index is 10.3. The fraction of sp³-hybridized carbons (Fsp3) is 0.375. The highest BCUT2D eigenvalue weighted by Crippen LogP contribution is 2.29. The van der Waals surface area contributed by atoms with E-state index in [0.29, 0.717) is 18.1 Å². The molecule has 1 atom stereocenters. The summed E-state index contributed by atoms with van der Waals surface area (Å²) in [5.41, 5.74) is 0.333. The smallest absolute Gasteiger partial charge is 0.135 e. The third-order valence-corrected chi connectivity index (χ3v) is 5.20. The first-order chi connectivity index (χ1) is 10.2. The van der Waals surface area contributed by atoms with E-state index in [2.05, 4.69) is 5.32 Å². The summed E-state index contributed by atoms with van der Waals surface area (Å²) in [7, 11) is 0. The lowest BCUT2D eigenvalue weighted by atomic mass is 10.0. The van der Waals surface area contributed by atoms with Crippen molar-refractivity contribution in [3.05, 3.63) is 47.2 Å². The second-order valence-corrected chi connectivity index (χ2v) is 6.89. The van der Waals surface area contributed by atoms with E-state index in [4.69, 9.17) is 16.0 Å². The largest absolute Gasteiger partial charge is 0.460 e. The molecule has 1 aliphatic heterocycles. The first-order valence-electron chi connectivity index (χ1n) is 7.01. The molecule has 0 amide bonds. The summed E-state index contributed by atoms with van der Waals surface area (Å²) in [5.74, 6) is 3.46. The van der Waals surface area contributed by atoms with Gasteiger partial charge in [0.15, 0.2) is 0 Å². The van der Waals surface area contributed by atoms with Crippen LogP contribution in [0, 0.1) is 0 Å². The lowest BCUT2D eigenvalue weighted by molar-refractivity contribution is 0.0670. The van der Waals surface area contributed by atoms with Gasteiger partial charge in [0.1, 0.15) is 11.5 Å². The molecule has 0 radical (unpaired) electrons. The van der Waals surface area contributed by atoms with Crippen molar-refractivity contribution in [3.8, 4) is 11.3 Å². The molecule has 112 valence electrons. The Morgan fingerprint density at radius 1 is 1.29 bits per heavy atom. The minimum absolute atomic E-state index is 0.567. The molecule has 21 heavy (non-hydrogen) atoms. The highest BCUT2D eigenvalue weighted by Gasteiger charge is 2.31. The molecular formula is C16H18ClNO2S. The van der Waals surface area contributed by atoms with Crippen LogP contribution in [0.3, 0.4) is 0 Å². The number of furan rings is 1. The molecule has 2 heterocycles. The fourth-order valence-corrected chi connectivity index (χ4v) is 3.96. The highest BCUT2D eigenvalue weighted by atomic mass is 35.5. The Bertz CT molecular complexity index is 608. The van der Waals surface area contributed by atoms with Gasteiger partial charge in [-0.15, -0.1) is 0 Å². The van der Waals surface area contributed by atoms with Crippen LogP contribution in [0.4, 0.5) is 0 Å². The minimum atomic E-state index is -0.567. The van der Waals surface area contributed by atoms with Crippen molar-refractivity contribution in [1.29, 1.82) is 0 Å². The summed E-state index contributed by atoms with van der Waals surface area (Å²) in [6.07, 6.45) is 0.855. The quantitative estimate of drug-likeness (QED) is 0.883. The van der Waals surface area contributed by atoms with E-state index in [1.54, 1.807) is 11.8 Å². The van der Waals surface area contributed by atoms with Crippen LogP contribution in [-0.2, 0) is 6.54 Å². The van der Waals surface area contributed by atoms with Crippen LogP contribution in [0.2, 0.25) is 5.02 Å². The van der Waals surface area contributed by atoms with Crippen molar-refractivity contribution in [2.24, 2.45) is 0 Å². The van der Waals surface area contributed by atoms with Gasteiger partial charge in [0.2, 0.25) is 0 Å². The average Bonchev–Trinajstić information content (AvgIpc) is 3.09. The van der Waals surface area contributed by atoms with E-state index in [-0.39, 0.29) is 0 Å². The van der Waals surface area contributed by atoms with Gasteiger partial charge in [0.25, 0.3) is 0 Å². The second-order valence-electron chi connectivity index (χ2n) is 5.38. The van der Waals surface area contributed by atoms with E-state index >= 15 is 0 Å². The van der Waals surface area contributed by atoms with Gasteiger partial charge < -0.3 is 14.8 Å². The van der Waals surface area contributed by atoms with Crippen LogP contribution in [0.5, 0.6) is 0 Å². The third-order valence-electron chi connectivity index (χ3n) is 3.64. The molecule has 0 spiro atoms. The Morgan fingerprint density at radius 2 is 2.14 bits per heavy atom. The third kappa shape index (κ3) is 3.64. The zero-order chi connectivity index (χ0) is 14.7. The molecule has 1 unspecified atom stereocenters. The van der Waals surface area contributed by atoms with Crippen LogP contribution < -0.4 is 5.32 Å². The molecule has 5 heteroatoms. The van der Waals surface area contributed by atoms with Gasteiger partial charge in [-0.25, -0.2) is 0 Å². The summed E-state index contributed by atoms with van der Waals surface area (Å²) in [6, 6.07) is 11.5. The molecule has 0 aliphatic carbocycles. The van der Waals surface area contributed by atoms with Crippen LogP contribution in [0.25, 0.3) is 11.3 Å².